The molecule has 1 aliphatic rings. The summed E-state index contributed by atoms with van der Waals surface area (Å²) in [5.74, 6) is 0.00984. The van der Waals surface area contributed by atoms with E-state index < -0.39 is 0 Å². The fraction of sp³-hybridized carbons (Fsp3) is 0.450. The molecule has 0 bridgehead atoms. The Bertz CT molecular complexity index is 829. The lowest BCUT2D eigenvalue weighted by molar-refractivity contribution is -0.116. The molecule has 6 nitrogen and oxygen atoms in total. The average molecular weight is 354 g/mol. The maximum atomic E-state index is 12.1. The van der Waals surface area contributed by atoms with Crippen LogP contribution < -0.4 is 16.6 Å². The Morgan fingerprint density at radius 1 is 1.15 bits per heavy atom. The second-order valence-electron chi connectivity index (χ2n) is 6.79. The van der Waals surface area contributed by atoms with Crippen LogP contribution in [0.4, 0.5) is 5.69 Å². The number of aromatic nitrogens is 2. The third-order valence-electron chi connectivity index (χ3n) is 4.82. The van der Waals surface area contributed by atoms with Crippen LogP contribution in [0.15, 0.2) is 29.1 Å². The molecule has 0 saturated heterocycles. The highest BCUT2D eigenvalue weighted by Gasteiger charge is 2.19. The minimum atomic E-state index is -0.0783. The number of benzene rings is 1. The lowest BCUT2D eigenvalue weighted by Crippen LogP contribution is -2.21. The topological polar surface area (TPSA) is 101 Å². The number of nitrogens with two attached hydrogens (primary N) is 1. The highest BCUT2D eigenvalue weighted by molar-refractivity contribution is 5.91. The Balaban J connectivity index is 1.76. The van der Waals surface area contributed by atoms with Crippen LogP contribution in [0.25, 0.3) is 11.3 Å². The SMILES string of the molecule is NCCCCCC(=O)Nc1cccc(-c2n[nH]c(=O)c3c2CCCC3)c1. The van der Waals surface area contributed by atoms with E-state index in [9.17, 15) is 9.59 Å². The van der Waals surface area contributed by atoms with Gasteiger partial charge in [0.15, 0.2) is 0 Å². The summed E-state index contributed by atoms with van der Waals surface area (Å²) in [6, 6.07) is 7.67. The molecule has 0 radical (unpaired) electrons. The number of rotatable bonds is 7. The molecule has 1 heterocycles. The molecular formula is C20H26N4O2. The van der Waals surface area contributed by atoms with Gasteiger partial charge in [0.05, 0.1) is 5.69 Å². The first-order valence-corrected chi connectivity index (χ1v) is 9.40. The zero-order chi connectivity index (χ0) is 18.4. The van der Waals surface area contributed by atoms with Crippen molar-refractivity contribution >= 4 is 11.6 Å². The van der Waals surface area contributed by atoms with Gasteiger partial charge in [0, 0.05) is 23.2 Å². The van der Waals surface area contributed by atoms with Crippen molar-refractivity contribution in [2.45, 2.75) is 51.4 Å². The molecule has 0 unspecified atom stereocenters. The number of hydrogen-bond donors (Lipinski definition) is 3. The van der Waals surface area contributed by atoms with E-state index in [-0.39, 0.29) is 11.5 Å². The number of aromatic amines is 1. The highest BCUT2D eigenvalue weighted by atomic mass is 16.1. The zero-order valence-electron chi connectivity index (χ0n) is 15.0. The maximum absolute atomic E-state index is 12.1. The number of H-pyrrole nitrogens is 1. The summed E-state index contributed by atoms with van der Waals surface area (Å²) in [5, 5.41) is 9.86. The maximum Gasteiger partial charge on any atom is 0.267 e. The fourth-order valence-corrected chi connectivity index (χ4v) is 3.47. The first-order valence-electron chi connectivity index (χ1n) is 9.40. The minimum Gasteiger partial charge on any atom is -0.330 e. The molecule has 138 valence electrons. The summed E-state index contributed by atoms with van der Waals surface area (Å²) in [6.45, 7) is 0.667. The number of fused-ring (bicyclic) bond motifs is 1. The summed E-state index contributed by atoms with van der Waals surface area (Å²) < 4.78 is 0. The highest BCUT2D eigenvalue weighted by Crippen LogP contribution is 2.29. The number of carbonyl (C=O) groups is 1. The van der Waals surface area contributed by atoms with Gasteiger partial charge in [0.2, 0.25) is 5.91 Å². The van der Waals surface area contributed by atoms with Gasteiger partial charge in [-0.05, 0) is 62.8 Å². The normalized spacial score (nSPS) is 13.3. The van der Waals surface area contributed by atoms with Crippen molar-refractivity contribution < 1.29 is 4.79 Å². The Hall–Kier alpha value is -2.47. The third kappa shape index (κ3) is 4.38. The van der Waals surface area contributed by atoms with Crippen LogP contribution in [0.2, 0.25) is 0 Å². The van der Waals surface area contributed by atoms with E-state index in [4.69, 9.17) is 5.73 Å². The van der Waals surface area contributed by atoms with Gasteiger partial charge < -0.3 is 11.1 Å². The van der Waals surface area contributed by atoms with E-state index in [1.165, 1.54) is 0 Å². The van der Waals surface area contributed by atoms with Gasteiger partial charge in [-0.2, -0.15) is 5.10 Å². The first-order chi connectivity index (χ1) is 12.7. The Morgan fingerprint density at radius 2 is 1.96 bits per heavy atom. The van der Waals surface area contributed by atoms with Crippen molar-refractivity contribution in [1.29, 1.82) is 0 Å². The van der Waals surface area contributed by atoms with Gasteiger partial charge in [-0.3, -0.25) is 9.59 Å². The van der Waals surface area contributed by atoms with Crippen LogP contribution in [0, 0.1) is 0 Å². The van der Waals surface area contributed by atoms with Crippen molar-refractivity contribution in [2.24, 2.45) is 5.73 Å². The first kappa shape index (κ1) is 18.3. The second kappa shape index (κ2) is 8.76. The van der Waals surface area contributed by atoms with Crippen LogP contribution in [0.1, 0.15) is 49.7 Å². The monoisotopic (exact) mass is 354 g/mol. The van der Waals surface area contributed by atoms with E-state index in [0.29, 0.717) is 13.0 Å². The van der Waals surface area contributed by atoms with Crippen LogP contribution in [-0.2, 0) is 17.6 Å². The number of carbonyl (C=O) groups excluding carboxylic acids is 1. The molecule has 0 aliphatic heterocycles. The quantitative estimate of drug-likeness (QED) is 0.666. The number of anilines is 1. The van der Waals surface area contributed by atoms with Crippen molar-refractivity contribution in [3.8, 4) is 11.3 Å². The smallest absolute Gasteiger partial charge is 0.267 e. The number of unbranched alkanes of at least 4 members (excludes halogenated alkanes) is 2. The Kier molecular flexibility index (Phi) is 6.17. The average Bonchev–Trinajstić information content (AvgIpc) is 2.66. The van der Waals surface area contributed by atoms with E-state index >= 15 is 0 Å². The summed E-state index contributed by atoms with van der Waals surface area (Å²) in [7, 11) is 0. The molecule has 26 heavy (non-hydrogen) atoms. The van der Waals surface area contributed by atoms with Gasteiger partial charge in [-0.25, -0.2) is 5.10 Å². The summed E-state index contributed by atoms with van der Waals surface area (Å²) >= 11 is 0. The summed E-state index contributed by atoms with van der Waals surface area (Å²) in [5.41, 5.74) is 9.78. The lowest BCUT2D eigenvalue weighted by atomic mass is 9.90. The van der Waals surface area contributed by atoms with Gasteiger partial charge in [0.1, 0.15) is 0 Å². The van der Waals surface area contributed by atoms with E-state index in [2.05, 4.69) is 15.5 Å². The molecule has 1 aromatic carbocycles. The van der Waals surface area contributed by atoms with Crippen molar-refractivity contribution in [1.82, 2.24) is 10.2 Å². The molecule has 1 aliphatic carbocycles. The molecule has 1 amide bonds. The van der Waals surface area contributed by atoms with Gasteiger partial charge in [-0.1, -0.05) is 18.6 Å². The van der Waals surface area contributed by atoms with E-state index in [1.807, 2.05) is 24.3 Å². The Morgan fingerprint density at radius 3 is 2.77 bits per heavy atom. The fourth-order valence-electron chi connectivity index (χ4n) is 3.47. The Labute approximate surface area is 153 Å². The molecular weight excluding hydrogens is 328 g/mol. The summed E-state index contributed by atoms with van der Waals surface area (Å²) in [6.07, 6.45) is 7.06. The summed E-state index contributed by atoms with van der Waals surface area (Å²) in [4.78, 5) is 24.1. The zero-order valence-corrected chi connectivity index (χ0v) is 15.0. The molecule has 0 fully saturated rings. The number of amides is 1. The van der Waals surface area contributed by atoms with E-state index in [1.54, 1.807) is 0 Å². The standard InChI is InChI=1S/C20H26N4O2/c21-12-5-1-2-11-18(25)22-15-8-6-7-14(13-15)19-16-9-3-4-10-17(16)20(26)24-23-19/h6-8,13H,1-5,9-12,21H2,(H,22,25)(H,24,26). The molecule has 4 N–H and O–H groups in total. The third-order valence-corrected chi connectivity index (χ3v) is 4.82. The molecule has 6 heteroatoms. The molecule has 2 aromatic rings. The predicted octanol–water partition coefficient (Wildman–Crippen LogP) is 2.77. The largest absolute Gasteiger partial charge is 0.330 e. The number of hydrogen-bond acceptors (Lipinski definition) is 4. The van der Waals surface area contributed by atoms with E-state index in [0.717, 1.165) is 73.0 Å². The molecule has 0 saturated carbocycles. The van der Waals surface area contributed by atoms with Crippen molar-refractivity contribution in [2.75, 3.05) is 11.9 Å². The molecule has 0 atom stereocenters. The molecule has 1 aromatic heterocycles. The van der Waals surface area contributed by atoms with Crippen LogP contribution >= 0.6 is 0 Å². The second-order valence-corrected chi connectivity index (χ2v) is 6.79. The van der Waals surface area contributed by atoms with Gasteiger partial charge >= 0.3 is 0 Å². The number of nitrogens with one attached hydrogen (secondary N) is 2. The van der Waals surface area contributed by atoms with Crippen molar-refractivity contribution in [3.05, 3.63) is 45.7 Å². The van der Waals surface area contributed by atoms with Gasteiger partial charge in [0.25, 0.3) is 5.56 Å². The minimum absolute atomic E-state index is 0.00984. The number of nitrogens with zero attached hydrogens (tertiary/aromatic N) is 1. The van der Waals surface area contributed by atoms with Crippen LogP contribution in [0.3, 0.4) is 0 Å². The van der Waals surface area contributed by atoms with Crippen LogP contribution in [0.5, 0.6) is 0 Å². The van der Waals surface area contributed by atoms with Crippen molar-refractivity contribution in [3.63, 3.8) is 0 Å². The lowest BCUT2D eigenvalue weighted by Gasteiger charge is -2.17. The molecule has 3 rings (SSSR count). The van der Waals surface area contributed by atoms with Gasteiger partial charge in [-0.15, -0.1) is 0 Å². The predicted molar refractivity (Wildman–Crippen MR) is 103 cm³/mol. The van der Waals surface area contributed by atoms with Crippen LogP contribution in [-0.4, -0.2) is 22.6 Å². The molecule has 0 spiro atoms.